The summed E-state index contributed by atoms with van der Waals surface area (Å²) in [6, 6.07) is 15.2. The van der Waals surface area contributed by atoms with Gasteiger partial charge in [-0.15, -0.1) is 0 Å². The molecule has 1 aliphatic heterocycles. The number of fused-ring (bicyclic) bond motifs is 3. The van der Waals surface area contributed by atoms with E-state index in [0.717, 1.165) is 22.3 Å². The highest BCUT2D eigenvalue weighted by atomic mass is 16.5. The number of hydrogen-bond acceptors (Lipinski definition) is 6. The summed E-state index contributed by atoms with van der Waals surface area (Å²) in [7, 11) is 1.44. The van der Waals surface area contributed by atoms with E-state index in [9.17, 15) is 14.4 Å². The number of alkyl carbamates (subject to hydrolysis) is 1. The molecule has 1 aliphatic carbocycles. The number of carbonyl (C=O) groups is 3. The van der Waals surface area contributed by atoms with E-state index in [1.165, 1.54) is 12.0 Å². The molecule has 0 bridgehead atoms. The summed E-state index contributed by atoms with van der Waals surface area (Å²) in [5.41, 5.74) is 4.46. The smallest absolute Gasteiger partial charge is 0.407 e. The van der Waals surface area contributed by atoms with E-state index in [-0.39, 0.29) is 44.2 Å². The van der Waals surface area contributed by atoms with E-state index in [0.29, 0.717) is 0 Å². The zero-order chi connectivity index (χ0) is 23.4. The summed E-state index contributed by atoms with van der Waals surface area (Å²) in [6.45, 7) is 0.242. The van der Waals surface area contributed by atoms with Crippen LogP contribution in [0.2, 0.25) is 0 Å². The van der Waals surface area contributed by atoms with Crippen LogP contribution in [0.5, 0.6) is 0 Å². The molecule has 1 fully saturated rings. The maximum atomic E-state index is 12.7. The van der Waals surface area contributed by atoms with Crippen LogP contribution in [0.25, 0.3) is 11.1 Å². The average Bonchev–Trinajstić information content (AvgIpc) is 3.10. The molecule has 4 rings (SSSR count). The second kappa shape index (κ2) is 10.0. The second-order valence-electron chi connectivity index (χ2n) is 8.05. The van der Waals surface area contributed by atoms with Gasteiger partial charge >= 0.3 is 12.1 Å². The number of nitrogens with one attached hydrogen (secondary N) is 1. The number of aliphatic carboxylic acids is 1. The SMILES string of the molecule is COC[C@H](NC(=O)OCC1c2ccccc2-c2ccccc21)C(=O)N1CC(OCC(=O)O)C1. The first-order valence-electron chi connectivity index (χ1n) is 10.7. The Balaban J connectivity index is 1.33. The number of ether oxygens (including phenoxy) is 3. The van der Waals surface area contributed by atoms with Gasteiger partial charge in [0.05, 0.1) is 12.7 Å². The van der Waals surface area contributed by atoms with Gasteiger partial charge < -0.3 is 29.5 Å². The molecule has 1 atom stereocenters. The number of amides is 2. The van der Waals surface area contributed by atoms with Crippen molar-refractivity contribution in [2.24, 2.45) is 0 Å². The third kappa shape index (κ3) is 4.99. The molecule has 174 valence electrons. The van der Waals surface area contributed by atoms with Crippen LogP contribution in [-0.2, 0) is 23.8 Å². The molecule has 2 aromatic rings. The van der Waals surface area contributed by atoms with Crippen molar-refractivity contribution in [3.63, 3.8) is 0 Å². The average molecular weight is 454 g/mol. The molecule has 2 N–H and O–H groups in total. The lowest BCUT2D eigenvalue weighted by Crippen LogP contribution is -2.61. The second-order valence-corrected chi connectivity index (χ2v) is 8.05. The van der Waals surface area contributed by atoms with E-state index in [1.807, 2.05) is 36.4 Å². The number of methoxy groups -OCH3 is 1. The van der Waals surface area contributed by atoms with Gasteiger partial charge in [0.2, 0.25) is 5.91 Å². The highest BCUT2D eigenvalue weighted by Crippen LogP contribution is 2.44. The van der Waals surface area contributed by atoms with Crippen molar-refractivity contribution in [3.8, 4) is 11.1 Å². The van der Waals surface area contributed by atoms with Gasteiger partial charge in [-0.2, -0.15) is 0 Å². The Hall–Kier alpha value is -3.43. The van der Waals surface area contributed by atoms with Crippen LogP contribution in [-0.4, -0.2) is 80.1 Å². The minimum atomic E-state index is -1.06. The van der Waals surface area contributed by atoms with Crippen LogP contribution in [0.4, 0.5) is 4.79 Å². The van der Waals surface area contributed by atoms with Crippen molar-refractivity contribution in [2.75, 3.05) is 40.0 Å². The molecule has 2 aliphatic rings. The molecule has 0 spiro atoms. The normalized spacial score (nSPS) is 15.8. The number of hydrogen-bond donors (Lipinski definition) is 2. The van der Waals surface area contributed by atoms with Crippen LogP contribution in [0.3, 0.4) is 0 Å². The van der Waals surface area contributed by atoms with Crippen molar-refractivity contribution in [2.45, 2.75) is 18.1 Å². The van der Waals surface area contributed by atoms with Gasteiger partial charge in [0, 0.05) is 26.1 Å². The predicted octanol–water partition coefficient (Wildman–Crippen LogP) is 1.85. The Kier molecular flexibility index (Phi) is 6.90. The lowest BCUT2D eigenvalue weighted by molar-refractivity contribution is -0.156. The Morgan fingerprint density at radius 3 is 2.24 bits per heavy atom. The van der Waals surface area contributed by atoms with Crippen LogP contribution in [0, 0.1) is 0 Å². The van der Waals surface area contributed by atoms with Gasteiger partial charge in [-0.25, -0.2) is 9.59 Å². The summed E-state index contributed by atoms with van der Waals surface area (Å²) >= 11 is 0. The van der Waals surface area contributed by atoms with E-state index in [1.54, 1.807) is 0 Å². The quantitative estimate of drug-likeness (QED) is 0.594. The Morgan fingerprint density at radius 1 is 1.06 bits per heavy atom. The van der Waals surface area contributed by atoms with Gasteiger partial charge in [-0.05, 0) is 22.3 Å². The number of carboxylic acid groups (broad SMARTS) is 1. The van der Waals surface area contributed by atoms with Crippen molar-refractivity contribution >= 4 is 18.0 Å². The molecule has 1 heterocycles. The molecular weight excluding hydrogens is 428 g/mol. The molecular formula is C24H26N2O7. The number of carboxylic acids is 1. The third-order valence-electron chi connectivity index (χ3n) is 5.87. The monoisotopic (exact) mass is 454 g/mol. The first kappa shape index (κ1) is 22.8. The molecule has 1 saturated heterocycles. The topological polar surface area (TPSA) is 114 Å². The van der Waals surface area contributed by atoms with Crippen molar-refractivity contribution in [3.05, 3.63) is 59.7 Å². The molecule has 2 amide bonds. The number of nitrogens with zero attached hydrogens (tertiary/aromatic N) is 1. The summed E-state index contributed by atoms with van der Waals surface area (Å²) in [5.74, 6) is -1.48. The fraction of sp³-hybridized carbons (Fsp3) is 0.375. The Bertz CT molecular complexity index is 989. The summed E-state index contributed by atoms with van der Waals surface area (Å²) in [4.78, 5) is 37.3. The lowest BCUT2D eigenvalue weighted by Gasteiger charge is -2.40. The summed E-state index contributed by atoms with van der Waals surface area (Å²) in [5, 5.41) is 11.3. The minimum Gasteiger partial charge on any atom is -0.480 e. The standard InChI is InChI=1S/C24H26N2O7/c1-31-13-21(23(29)26-10-15(11-26)32-14-22(27)28)25-24(30)33-12-20-18-8-4-2-6-16(18)17-7-3-5-9-19(17)20/h2-9,15,20-21H,10-14H2,1H3,(H,25,30)(H,27,28)/t21-/m0/s1. The number of likely N-dealkylation sites (tertiary alicyclic amines) is 1. The van der Waals surface area contributed by atoms with Gasteiger partial charge in [0.25, 0.3) is 0 Å². The van der Waals surface area contributed by atoms with Gasteiger partial charge in [0.15, 0.2) is 0 Å². The Morgan fingerprint density at radius 2 is 1.67 bits per heavy atom. The van der Waals surface area contributed by atoms with Crippen LogP contribution in [0.15, 0.2) is 48.5 Å². The van der Waals surface area contributed by atoms with E-state index < -0.39 is 24.7 Å². The van der Waals surface area contributed by atoms with Gasteiger partial charge in [-0.1, -0.05) is 48.5 Å². The van der Waals surface area contributed by atoms with Crippen LogP contribution >= 0.6 is 0 Å². The molecule has 2 aromatic carbocycles. The largest absolute Gasteiger partial charge is 0.480 e. The molecule has 33 heavy (non-hydrogen) atoms. The maximum Gasteiger partial charge on any atom is 0.407 e. The van der Waals surface area contributed by atoms with Gasteiger partial charge in [0.1, 0.15) is 19.3 Å². The molecule has 9 heteroatoms. The van der Waals surface area contributed by atoms with Crippen molar-refractivity contribution in [1.29, 1.82) is 0 Å². The fourth-order valence-corrected chi connectivity index (χ4v) is 4.26. The first-order valence-corrected chi connectivity index (χ1v) is 10.7. The van der Waals surface area contributed by atoms with E-state index >= 15 is 0 Å². The molecule has 0 radical (unpaired) electrons. The first-order chi connectivity index (χ1) is 16.0. The molecule has 0 unspecified atom stereocenters. The van der Waals surface area contributed by atoms with Crippen LogP contribution in [0.1, 0.15) is 17.0 Å². The predicted molar refractivity (Wildman–Crippen MR) is 118 cm³/mol. The van der Waals surface area contributed by atoms with E-state index in [2.05, 4.69) is 17.4 Å². The zero-order valence-electron chi connectivity index (χ0n) is 18.2. The fourth-order valence-electron chi connectivity index (χ4n) is 4.26. The number of carbonyl (C=O) groups excluding carboxylic acids is 2. The van der Waals surface area contributed by atoms with Crippen molar-refractivity contribution < 1.29 is 33.7 Å². The molecule has 0 aromatic heterocycles. The number of benzene rings is 2. The Labute approximate surface area is 191 Å². The highest BCUT2D eigenvalue weighted by molar-refractivity contribution is 5.86. The molecule has 9 nitrogen and oxygen atoms in total. The third-order valence-corrected chi connectivity index (χ3v) is 5.87. The zero-order valence-corrected chi connectivity index (χ0v) is 18.2. The highest BCUT2D eigenvalue weighted by Gasteiger charge is 2.36. The number of rotatable bonds is 9. The maximum absolute atomic E-state index is 12.7. The van der Waals surface area contributed by atoms with Gasteiger partial charge in [-0.3, -0.25) is 4.79 Å². The van der Waals surface area contributed by atoms with Crippen molar-refractivity contribution in [1.82, 2.24) is 10.2 Å². The van der Waals surface area contributed by atoms with Crippen LogP contribution < -0.4 is 5.32 Å². The lowest BCUT2D eigenvalue weighted by atomic mass is 9.98. The minimum absolute atomic E-state index is 0.0137. The summed E-state index contributed by atoms with van der Waals surface area (Å²) in [6.07, 6.45) is -1.03. The van der Waals surface area contributed by atoms with E-state index in [4.69, 9.17) is 19.3 Å². The summed E-state index contributed by atoms with van der Waals surface area (Å²) < 4.78 is 15.8. The molecule has 0 saturated carbocycles.